The third-order valence-electron chi connectivity index (χ3n) is 3.04. The van der Waals surface area contributed by atoms with Crippen molar-refractivity contribution in [3.05, 3.63) is 58.1 Å². The number of phenols is 1. The molecule has 0 radical (unpaired) electrons. The minimum Gasteiger partial charge on any atom is -0.508 e. The maximum absolute atomic E-state index is 12.1. The number of phenolic OH excluding ortho intramolecular Hbond substituents is 1. The molecule has 0 unspecified atom stereocenters. The largest absolute Gasteiger partial charge is 0.508 e. The highest BCUT2D eigenvalue weighted by Crippen LogP contribution is 2.23. The third-order valence-corrected chi connectivity index (χ3v) is 3.54. The Kier molecular flexibility index (Phi) is 5.22. The van der Waals surface area contributed by atoms with Gasteiger partial charge in [-0.25, -0.2) is 0 Å². The maximum atomic E-state index is 12.1. The summed E-state index contributed by atoms with van der Waals surface area (Å²) in [6, 6.07) is 12.2. The van der Waals surface area contributed by atoms with Crippen LogP contribution in [0.15, 0.2) is 46.9 Å². The van der Waals surface area contributed by atoms with E-state index in [9.17, 15) is 9.90 Å². The summed E-state index contributed by atoms with van der Waals surface area (Å²) in [6.07, 6.45) is 0.699. The summed E-state index contributed by atoms with van der Waals surface area (Å²) in [6.45, 7) is 0.517. The van der Waals surface area contributed by atoms with Crippen molar-refractivity contribution >= 4 is 21.8 Å². The van der Waals surface area contributed by atoms with Gasteiger partial charge in [0.05, 0.1) is 12.7 Å². The molecule has 2 aromatic carbocycles. The van der Waals surface area contributed by atoms with Crippen LogP contribution in [-0.2, 0) is 6.42 Å². The van der Waals surface area contributed by atoms with Gasteiger partial charge in [-0.3, -0.25) is 4.79 Å². The number of hydrogen-bond donors (Lipinski definition) is 2. The van der Waals surface area contributed by atoms with Crippen molar-refractivity contribution < 1.29 is 14.6 Å². The molecule has 1 amide bonds. The number of aromatic hydroxyl groups is 1. The quantitative estimate of drug-likeness (QED) is 0.871. The van der Waals surface area contributed by atoms with E-state index in [0.29, 0.717) is 24.3 Å². The van der Waals surface area contributed by atoms with Crippen LogP contribution in [0.4, 0.5) is 0 Å². The van der Waals surface area contributed by atoms with E-state index in [1.165, 1.54) is 7.11 Å². The lowest BCUT2D eigenvalue weighted by Gasteiger charge is -2.10. The van der Waals surface area contributed by atoms with Crippen LogP contribution in [0.25, 0.3) is 0 Å². The number of carbonyl (C=O) groups excluding carboxylic acids is 1. The summed E-state index contributed by atoms with van der Waals surface area (Å²) < 4.78 is 6.07. The second-order valence-corrected chi connectivity index (χ2v) is 5.43. The number of nitrogens with one attached hydrogen (secondary N) is 1. The van der Waals surface area contributed by atoms with Crippen molar-refractivity contribution in [2.24, 2.45) is 0 Å². The summed E-state index contributed by atoms with van der Waals surface area (Å²) >= 11 is 3.34. The van der Waals surface area contributed by atoms with Crippen molar-refractivity contribution in [2.45, 2.75) is 6.42 Å². The molecule has 5 heteroatoms. The van der Waals surface area contributed by atoms with Gasteiger partial charge in [-0.05, 0) is 42.3 Å². The van der Waals surface area contributed by atoms with Crippen LogP contribution in [0.5, 0.6) is 11.5 Å². The Labute approximate surface area is 131 Å². The summed E-state index contributed by atoms with van der Waals surface area (Å²) in [5.74, 6) is 0.604. The van der Waals surface area contributed by atoms with Crippen molar-refractivity contribution in [2.75, 3.05) is 13.7 Å². The van der Waals surface area contributed by atoms with E-state index in [1.54, 1.807) is 30.3 Å². The molecule has 0 aliphatic carbocycles. The second-order valence-electron chi connectivity index (χ2n) is 4.52. The number of halogens is 1. The molecule has 0 spiro atoms. The van der Waals surface area contributed by atoms with Crippen molar-refractivity contribution in [3.8, 4) is 11.5 Å². The predicted molar refractivity (Wildman–Crippen MR) is 84.8 cm³/mol. The first-order valence-electron chi connectivity index (χ1n) is 6.50. The first kappa shape index (κ1) is 15.4. The molecule has 0 heterocycles. The van der Waals surface area contributed by atoms with Crippen molar-refractivity contribution in [1.82, 2.24) is 5.32 Å². The molecule has 0 aliphatic heterocycles. The van der Waals surface area contributed by atoms with E-state index < -0.39 is 0 Å². The van der Waals surface area contributed by atoms with Gasteiger partial charge in [0.1, 0.15) is 11.5 Å². The van der Waals surface area contributed by atoms with E-state index in [2.05, 4.69) is 21.2 Å². The highest BCUT2D eigenvalue weighted by Gasteiger charge is 2.11. The minimum absolute atomic E-state index is 0.168. The lowest BCUT2D eigenvalue weighted by Crippen LogP contribution is -2.26. The molecule has 0 fully saturated rings. The molecule has 0 saturated carbocycles. The van der Waals surface area contributed by atoms with Crippen molar-refractivity contribution in [3.63, 3.8) is 0 Å². The fraction of sp³-hybridized carbons (Fsp3) is 0.188. The van der Waals surface area contributed by atoms with Crippen LogP contribution in [0.2, 0.25) is 0 Å². The van der Waals surface area contributed by atoms with Gasteiger partial charge in [0.2, 0.25) is 0 Å². The molecule has 0 aromatic heterocycles. The van der Waals surface area contributed by atoms with Gasteiger partial charge in [0.15, 0.2) is 0 Å². The van der Waals surface area contributed by atoms with Gasteiger partial charge >= 0.3 is 0 Å². The van der Waals surface area contributed by atoms with Gasteiger partial charge in [0.25, 0.3) is 5.91 Å². The lowest BCUT2D eigenvalue weighted by atomic mass is 10.1. The Morgan fingerprint density at radius 1 is 1.24 bits per heavy atom. The Hall–Kier alpha value is -2.01. The average Bonchev–Trinajstić information content (AvgIpc) is 2.49. The summed E-state index contributed by atoms with van der Waals surface area (Å²) in [5.41, 5.74) is 1.56. The SMILES string of the molecule is COc1cc(Br)ccc1C(=O)NCCc1ccc(O)cc1. The molecule has 0 bridgehead atoms. The molecule has 2 aromatic rings. The minimum atomic E-state index is -0.168. The summed E-state index contributed by atoms with van der Waals surface area (Å²) in [7, 11) is 1.54. The first-order chi connectivity index (χ1) is 10.1. The molecule has 4 nitrogen and oxygen atoms in total. The number of amides is 1. The topological polar surface area (TPSA) is 58.6 Å². The molecule has 2 N–H and O–H groups in total. The zero-order chi connectivity index (χ0) is 15.2. The van der Waals surface area contributed by atoms with Gasteiger partial charge in [-0.2, -0.15) is 0 Å². The van der Waals surface area contributed by atoms with Crippen LogP contribution < -0.4 is 10.1 Å². The van der Waals surface area contributed by atoms with Crippen LogP contribution in [0.1, 0.15) is 15.9 Å². The molecule has 2 rings (SSSR count). The fourth-order valence-corrected chi connectivity index (χ4v) is 2.27. The number of benzene rings is 2. The second kappa shape index (κ2) is 7.13. The molecule has 21 heavy (non-hydrogen) atoms. The standard InChI is InChI=1S/C16H16BrNO3/c1-21-15-10-12(17)4-7-14(15)16(20)18-9-8-11-2-5-13(19)6-3-11/h2-7,10,19H,8-9H2,1H3,(H,18,20). The Morgan fingerprint density at radius 2 is 1.95 bits per heavy atom. The normalized spacial score (nSPS) is 10.2. The number of ether oxygens (including phenoxy) is 1. The zero-order valence-electron chi connectivity index (χ0n) is 11.6. The molecule has 0 saturated heterocycles. The van der Waals surface area contributed by atoms with E-state index in [4.69, 9.17) is 4.74 Å². The van der Waals surface area contributed by atoms with E-state index >= 15 is 0 Å². The Balaban J connectivity index is 1.94. The van der Waals surface area contributed by atoms with Gasteiger partial charge < -0.3 is 15.2 Å². The smallest absolute Gasteiger partial charge is 0.255 e. The van der Waals surface area contributed by atoms with E-state index in [1.807, 2.05) is 12.1 Å². The summed E-state index contributed by atoms with van der Waals surface area (Å²) in [4.78, 5) is 12.1. The van der Waals surface area contributed by atoms with E-state index in [-0.39, 0.29) is 11.7 Å². The van der Waals surface area contributed by atoms with Gasteiger partial charge in [-0.15, -0.1) is 0 Å². The van der Waals surface area contributed by atoms with Gasteiger partial charge in [-0.1, -0.05) is 28.1 Å². The highest BCUT2D eigenvalue weighted by atomic mass is 79.9. The summed E-state index contributed by atoms with van der Waals surface area (Å²) in [5, 5.41) is 12.1. The molecule has 110 valence electrons. The first-order valence-corrected chi connectivity index (χ1v) is 7.29. The third kappa shape index (κ3) is 4.23. The Bertz CT molecular complexity index is 626. The highest BCUT2D eigenvalue weighted by molar-refractivity contribution is 9.10. The van der Waals surface area contributed by atoms with Crippen LogP contribution in [0, 0.1) is 0 Å². The fourth-order valence-electron chi connectivity index (χ4n) is 1.93. The van der Waals surface area contributed by atoms with Crippen LogP contribution >= 0.6 is 15.9 Å². The number of hydrogen-bond acceptors (Lipinski definition) is 3. The molecule has 0 aliphatic rings. The number of rotatable bonds is 5. The molecule has 0 atom stereocenters. The monoisotopic (exact) mass is 349 g/mol. The van der Waals surface area contributed by atoms with Crippen LogP contribution in [0.3, 0.4) is 0 Å². The number of methoxy groups -OCH3 is 1. The predicted octanol–water partition coefficient (Wildman–Crippen LogP) is 3.14. The number of carbonyl (C=O) groups is 1. The average molecular weight is 350 g/mol. The maximum Gasteiger partial charge on any atom is 0.255 e. The Morgan fingerprint density at radius 3 is 2.62 bits per heavy atom. The van der Waals surface area contributed by atoms with E-state index in [0.717, 1.165) is 10.0 Å². The molecular weight excluding hydrogens is 334 g/mol. The lowest BCUT2D eigenvalue weighted by molar-refractivity contribution is 0.0951. The van der Waals surface area contributed by atoms with Gasteiger partial charge in [0, 0.05) is 11.0 Å². The van der Waals surface area contributed by atoms with Crippen molar-refractivity contribution in [1.29, 1.82) is 0 Å². The molecular formula is C16H16BrNO3. The van der Waals surface area contributed by atoms with Crippen LogP contribution in [-0.4, -0.2) is 24.7 Å². The zero-order valence-corrected chi connectivity index (χ0v) is 13.2.